The Morgan fingerprint density at radius 3 is 2.62 bits per heavy atom. The third-order valence-electron chi connectivity index (χ3n) is 4.20. The monoisotopic (exact) mass is 395 g/mol. The maximum Gasteiger partial charge on any atom is 0.338 e. The summed E-state index contributed by atoms with van der Waals surface area (Å²) in [5, 5.41) is 9.74. The molecule has 0 spiro atoms. The highest BCUT2D eigenvalue weighted by Gasteiger charge is 2.18. The molecule has 0 fully saturated rings. The zero-order valence-electron chi connectivity index (χ0n) is 16.1. The van der Waals surface area contributed by atoms with Crippen LogP contribution in [0.15, 0.2) is 53.1 Å². The first-order valence-corrected chi connectivity index (χ1v) is 9.18. The van der Waals surface area contributed by atoms with Crippen LogP contribution in [0.3, 0.4) is 0 Å². The number of nitrogens with zero attached hydrogens (tertiary/aromatic N) is 1. The van der Waals surface area contributed by atoms with Gasteiger partial charge in [0, 0.05) is 12.1 Å². The van der Waals surface area contributed by atoms with Gasteiger partial charge in [-0.05, 0) is 32.0 Å². The molecule has 0 radical (unpaired) electrons. The number of hydrogen-bond donors (Lipinski definition) is 2. The average Bonchev–Trinajstić information content (AvgIpc) is 3.16. The number of aromatic nitrogens is 1. The van der Waals surface area contributed by atoms with E-state index in [0.29, 0.717) is 23.2 Å². The highest BCUT2D eigenvalue weighted by atomic mass is 16.5. The first kappa shape index (κ1) is 20.1. The number of carbonyl (C=O) groups is 3. The minimum absolute atomic E-state index is 0.266. The summed E-state index contributed by atoms with van der Waals surface area (Å²) in [6.07, 6.45) is 0. The van der Waals surface area contributed by atoms with Crippen molar-refractivity contribution in [2.45, 2.75) is 19.9 Å². The van der Waals surface area contributed by atoms with Crippen molar-refractivity contribution in [1.29, 1.82) is 0 Å². The number of amides is 2. The van der Waals surface area contributed by atoms with E-state index in [1.165, 1.54) is 0 Å². The molecular formula is C21H21N3O5. The summed E-state index contributed by atoms with van der Waals surface area (Å²) in [5.41, 5.74) is 1.70. The lowest BCUT2D eigenvalue weighted by atomic mass is 10.1. The average molecular weight is 395 g/mol. The summed E-state index contributed by atoms with van der Waals surface area (Å²) in [7, 11) is 0. The van der Waals surface area contributed by atoms with Crippen LogP contribution in [0.25, 0.3) is 22.2 Å². The van der Waals surface area contributed by atoms with E-state index in [1.807, 2.05) is 30.3 Å². The summed E-state index contributed by atoms with van der Waals surface area (Å²) in [5.74, 6) is -0.983. The topological polar surface area (TPSA) is 111 Å². The van der Waals surface area contributed by atoms with E-state index in [1.54, 1.807) is 32.0 Å². The summed E-state index contributed by atoms with van der Waals surface area (Å²) in [6.45, 7) is 3.31. The number of esters is 1. The number of likely N-dealkylation sites (N-methyl/N-ethyl adjacent to an activating group) is 1. The molecule has 150 valence electrons. The fourth-order valence-corrected chi connectivity index (χ4v) is 2.76. The molecule has 0 unspecified atom stereocenters. The Balaban J connectivity index is 1.67. The number of fused-ring (bicyclic) bond motifs is 1. The smallest absolute Gasteiger partial charge is 0.338 e. The Bertz CT molecular complexity index is 1030. The SMILES string of the molecule is CCNC(=O)[C@H](C)NC(=O)COC(=O)c1ccc2noc(-c3ccccc3)c2c1. The number of benzene rings is 2. The maximum atomic E-state index is 12.4. The lowest BCUT2D eigenvalue weighted by Gasteiger charge is -2.13. The normalized spacial score (nSPS) is 11.7. The first-order valence-electron chi connectivity index (χ1n) is 9.18. The second-order valence-corrected chi connectivity index (χ2v) is 6.37. The van der Waals surface area contributed by atoms with Crippen LogP contribution in [0.5, 0.6) is 0 Å². The zero-order chi connectivity index (χ0) is 20.8. The van der Waals surface area contributed by atoms with Crippen LogP contribution in [-0.2, 0) is 14.3 Å². The molecule has 1 aromatic heterocycles. The summed E-state index contributed by atoms with van der Waals surface area (Å²) < 4.78 is 10.5. The van der Waals surface area contributed by atoms with Crippen molar-refractivity contribution in [2.24, 2.45) is 0 Å². The molecule has 2 aromatic carbocycles. The highest BCUT2D eigenvalue weighted by Crippen LogP contribution is 2.29. The van der Waals surface area contributed by atoms with Gasteiger partial charge < -0.3 is 19.9 Å². The second kappa shape index (κ2) is 9.01. The Morgan fingerprint density at radius 1 is 1.14 bits per heavy atom. The predicted octanol–water partition coefficient (Wildman–Crippen LogP) is 2.29. The molecule has 0 aliphatic rings. The molecule has 0 saturated heterocycles. The molecule has 3 aromatic rings. The van der Waals surface area contributed by atoms with Crippen LogP contribution in [0.2, 0.25) is 0 Å². The van der Waals surface area contributed by atoms with Crippen molar-refractivity contribution in [1.82, 2.24) is 15.8 Å². The minimum atomic E-state index is -0.720. The van der Waals surface area contributed by atoms with Crippen molar-refractivity contribution < 1.29 is 23.6 Å². The Morgan fingerprint density at radius 2 is 1.90 bits per heavy atom. The molecule has 8 nitrogen and oxygen atoms in total. The van der Waals surface area contributed by atoms with Crippen molar-refractivity contribution >= 4 is 28.7 Å². The Kier molecular flexibility index (Phi) is 6.23. The number of nitrogens with one attached hydrogen (secondary N) is 2. The molecule has 0 saturated carbocycles. The molecule has 0 bridgehead atoms. The van der Waals surface area contributed by atoms with E-state index in [4.69, 9.17) is 9.26 Å². The van der Waals surface area contributed by atoms with E-state index in [2.05, 4.69) is 15.8 Å². The van der Waals surface area contributed by atoms with Crippen LogP contribution in [0, 0.1) is 0 Å². The molecule has 1 heterocycles. The lowest BCUT2D eigenvalue weighted by Crippen LogP contribution is -2.46. The van der Waals surface area contributed by atoms with E-state index in [0.717, 1.165) is 5.56 Å². The molecule has 29 heavy (non-hydrogen) atoms. The van der Waals surface area contributed by atoms with E-state index >= 15 is 0 Å². The third kappa shape index (κ3) is 4.78. The van der Waals surface area contributed by atoms with Crippen LogP contribution in [0.1, 0.15) is 24.2 Å². The standard InChI is InChI=1S/C21H21N3O5/c1-3-22-20(26)13(2)23-18(25)12-28-21(27)15-9-10-17-16(11-15)19(29-24-17)14-7-5-4-6-8-14/h4-11,13H,3,12H2,1-2H3,(H,22,26)(H,23,25)/t13-/m0/s1. The van der Waals surface area contributed by atoms with E-state index in [-0.39, 0.29) is 11.5 Å². The van der Waals surface area contributed by atoms with Crippen molar-refractivity contribution in [3.05, 3.63) is 54.1 Å². The number of carbonyl (C=O) groups excluding carboxylic acids is 3. The van der Waals surface area contributed by atoms with Gasteiger partial charge in [-0.3, -0.25) is 9.59 Å². The summed E-state index contributed by atoms with van der Waals surface area (Å²) in [6, 6.07) is 13.5. The molecule has 0 aliphatic heterocycles. The largest absolute Gasteiger partial charge is 0.452 e. The van der Waals surface area contributed by atoms with Gasteiger partial charge in [-0.15, -0.1) is 0 Å². The van der Waals surface area contributed by atoms with Crippen LogP contribution < -0.4 is 10.6 Å². The van der Waals surface area contributed by atoms with E-state index < -0.39 is 24.5 Å². The van der Waals surface area contributed by atoms with Gasteiger partial charge in [0.2, 0.25) is 5.91 Å². The quantitative estimate of drug-likeness (QED) is 0.594. The van der Waals surface area contributed by atoms with Gasteiger partial charge in [0.05, 0.1) is 10.9 Å². The van der Waals surface area contributed by atoms with Gasteiger partial charge in [-0.25, -0.2) is 4.79 Å². The molecule has 3 rings (SSSR count). The van der Waals surface area contributed by atoms with Gasteiger partial charge in [0.25, 0.3) is 5.91 Å². The Hall–Kier alpha value is -3.68. The fraction of sp³-hybridized carbons (Fsp3) is 0.238. The van der Waals surface area contributed by atoms with Crippen molar-refractivity contribution in [3.63, 3.8) is 0 Å². The molecule has 0 aliphatic carbocycles. The van der Waals surface area contributed by atoms with Gasteiger partial charge in [-0.2, -0.15) is 0 Å². The van der Waals surface area contributed by atoms with Gasteiger partial charge in [0.15, 0.2) is 12.4 Å². The number of ether oxygens (including phenoxy) is 1. The molecule has 2 amide bonds. The third-order valence-corrected chi connectivity index (χ3v) is 4.20. The zero-order valence-corrected chi connectivity index (χ0v) is 16.1. The summed E-state index contributed by atoms with van der Waals surface area (Å²) in [4.78, 5) is 35.9. The molecule has 8 heteroatoms. The van der Waals surface area contributed by atoms with Crippen LogP contribution >= 0.6 is 0 Å². The summed E-state index contributed by atoms with van der Waals surface area (Å²) >= 11 is 0. The molecule has 1 atom stereocenters. The molecule has 2 N–H and O–H groups in total. The van der Waals surface area contributed by atoms with Crippen molar-refractivity contribution in [3.8, 4) is 11.3 Å². The minimum Gasteiger partial charge on any atom is -0.452 e. The van der Waals surface area contributed by atoms with Gasteiger partial charge in [0.1, 0.15) is 11.6 Å². The second-order valence-electron chi connectivity index (χ2n) is 6.37. The molecular weight excluding hydrogens is 374 g/mol. The lowest BCUT2D eigenvalue weighted by molar-refractivity contribution is -0.130. The van der Waals surface area contributed by atoms with Crippen molar-refractivity contribution in [2.75, 3.05) is 13.2 Å². The van der Waals surface area contributed by atoms with Gasteiger partial charge >= 0.3 is 5.97 Å². The fourth-order valence-electron chi connectivity index (χ4n) is 2.76. The maximum absolute atomic E-state index is 12.4. The van der Waals surface area contributed by atoms with Crippen LogP contribution in [-0.4, -0.2) is 42.1 Å². The predicted molar refractivity (Wildman–Crippen MR) is 106 cm³/mol. The van der Waals surface area contributed by atoms with E-state index in [9.17, 15) is 14.4 Å². The first-order chi connectivity index (χ1) is 14.0. The highest BCUT2D eigenvalue weighted by molar-refractivity contribution is 5.99. The van der Waals surface area contributed by atoms with Gasteiger partial charge in [-0.1, -0.05) is 35.5 Å². The van der Waals surface area contributed by atoms with Crippen LogP contribution in [0.4, 0.5) is 0 Å². The number of hydrogen-bond acceptors (Lipinski definition) is 6. The Labute approximate surface area is 167 Å². The number of rotatable bonds is 7.